The van der Waals surface area contributed by atoms with Gasteiger partial charge in [0.15, 0.2) is 12.0 Å². The molecule has 1 N–H and O–H groups in total. The summed E-state index contributed by atoms with van der Waals surface area (Å²) in [6.07, 6.45) is 3.20. The van der Waals surface area contributed by atoms with E-state index in [9.17, 15) is 0 Å². The number of nitrogens with one attached hydrogen (secondary N) is 1. The molecule has 0 bridgehead atoms. The van der Waals surface area contributed by atoms with Crippen molar-refractivity contribution in [1.29, 1.82) is 0 Å². The Balaban J connectivity index is 2.71. The van der Waals surface area contributed by atoms with Crippen LogP contribution in [-0.4, -0.2) is 15.2 Å². The van der Waals surface area contributed by atoms with Gasteiger partial charge < -0.3 is 4.42 Å². The lowest BCUT2D eigenvalue weighted by Crippen LogP contribution is -1.71. The van der Waals surface area contributed by atoms with E-state index in [2.05, 4.69) is 15.2 Å². The van der Waals surface area contributed by atoms with Crippen LogP contribution in [0.3, 0.4) is 0 Å². The van der Waals surface area contributed by atoms with Gasteiger partial charge in [-0.15, -0.1) is 0 Å². The van der Waals surface area contributed by atoms with Crippen LogP contribution in [0.1, 0.15) is 0 Å². The lowest BCUT2D eigenvalue weighted by molar-refractivity contribution is 0.602. The van der Waals surface area contributed by atoms with Crippen LogP contribution < -0.4 is 0 Å². The van der Waals surface area contributed by atoms with Crippen LogP contribution in [0, 0.1) is 0 Å². The van der Waals surface area contributed by atoms with E-state index in [1.54, 1.807) is 6.20 Å². The predicted molar refractivity (Wildman–Crippen MR) is 43.7 cm³/mol. The lowest BCUT2D eigenvalue weighted by atomic mass is 10.2. The van der Waals surface area contributed by atoms with Crippen LogP contribution in [-0.2, 0) is 0 Å². The Kier molecular flexibility index (Phi) is 0.889. The summed E-state index contributed by atoms with van der Waals surface area (Å²) in [6, 6.07) is 3.84. The van der Waals surface area contributed by atoms with Crippen molar-refractivity contribution in [3.63, 3.8) is 0 Å². The SMILES string of the molecule is c1nc2c(ccc3cn[nH]c32)o1. The number of hydrogen-bond acceptors (Lipinski definition) is 3. The average Bonchev–Trinajstić information content (AvgIpc) is 2.71. The summed E-state index contributed by atoms with van der Waals surface area (Å²) in [7, 11) is 0. The molecule has 4 heteroatoms. The number of nitrogens with zero attached hydrogens (tertiary/aromatic N) is 2. The molecule has 0 aliphatic carbocycles. The molecule has 0 aliphatic heterocycles. The number of aromatic amines is 1. The minimum absolute atomic E-state index is 0.784. The van der Waals surface area contributed by atoms with Gasteiger partial charge in [0.05, 0.1) is 11.7 Å². The van der Waals surface area contributed by atoms with Gasteiger partial charge in [-0.1, -0.05) is 0 Å². The normalized spacial score (nSPS) is 11.3. The molecule has 0 spiro atoms. The van der Waals surface area contributed by atoms with E-state index in [0.717, 1.165) is 22.0 Å². The van der Waals surface area contributed by atoms with E-state index in [0.29, 0.717) is 0 Å². The fraction of sp³-hybridized carbons (Fsp3) is 0. The van der Waals surface area contributed by atoms with E-state index in [1.807, 2.05) is 12.1 Å². The first-order valence-electron chi connectivity index (χ1n) is 3.60. The standard InChI is InChI=1S/C8H5N3O/c1-2-6-8(9-4-12-6)7-5(1)3-10-11-7/h1-4H,(H,10,11). The molecular weight excluding hydrogens is 154 g/mol. The second-order valence-electron chi connectivity index (χ2n) is 2.60. The minimum Gasteiger partial charge on any atom is -0.443 e. The predicted octanol–water partition coefficient (Wildman–Crippen LogP) is 1.70. The molecule has 0 unspecified atom stereocenters. The lowest BCUT2D eigenvalue weighted by Gasteiger charge is -1.87. The average molecular weight is 159 g/mol. The first kappa shape index (κ1) is 5.77. The van der Waals surface area contributed by atoms with Crippen LogP contribution in [0.25, 0.3) is 22.0 Å². The van der Waals surface area contributed by atoms with Crippen LogP contribution in [0.5, 0.6) is 0 Å². The Morgan fingerprint density at radius 3 is 3.33 bits per heavy atom. The quantitative estimate of drug-likeness (QED) is 0.543. The van der Waals surface area contributed by atoms with E-state index in [4.69, 9.17) is 4.42 Å². The highest BCUT2D eigenvalue weighted by Gasteiger charge is 2.04. The van der Waals surface area contributed by atoms with Gasteiger partial charge in [0, 0.05) is 5.39 Å². The molecule has 3 aromatic rings. The molecule has 0 saturated carbocycles. The molecule has 2 aromatic heterocycles. The van der Waals surface area contributed by atoms with Gasteiger partial charge in [-0.2, -0.15) is 5.10 Å². The summed E-state index contributed by atoms with van der Waals surface area (Å²) in [6.45, 7) is 0. The number of oxazole rings is 1. The van der Waals surface area contributed by atoms with Gasteiger partial charge in [-0.05, 0) is 12.1 Å². The maximum atomic E-state index is 5.14. The van der Waals surface area contributed by atoms with Gasteiger partial charge in [0.25, 0.3) is 0 Å². The third-order valence-electron chi connectivity index (χ3n) is 1.91. The van der Waals surface area contributed by atoms with Crippen molar-refractivity contribution >= 4 is 22.0 Å². The van der Waals surface area contributed by atoms with E-state index in [-0.39, 0.29) is 0 Å². The van der Waals surface area contributed by atoms with Crippen LogP contribution >= 0.6 is 0 Å². The van der Waals surface area contributed by atoms with Crippen molar-refractivity contribution in [2.75, 3.05) is 0 Å². The Hall–Kier alpha value is -1.84. The zero-order valence-corrected chi connectivity index (χ0v) is 6.11. The first-order valence-corrected chi connectivity index (χ1v) is 3.60. The highest BCUT2D eigenvalue weighted by atomic mass is 16.3. The molecule has 0 atom stereocenters. The molecule has 2 heterocycles. The number of fused-ring (bicyclic) bond motifs is 3. The summed E-state index contributed by atoms with van der Waals surface area (Å²) in [5, 5.41) is 7.85. The summed E-state index contributed by atoms with van der Waals surface area (Å²) in [5.74, 6) is 0. The van der Waals surface area contributed by atoms with Crippen molar-refractivity contribution in [3.8, 4) is 0 Å². The van der Waals surface area contributed by atoms with Crippen molar-refractivity contribution in [3.05, 3.63) is 24.7 Å². The maximum Gasteiger partial charge on any atom is 0.182 e. The fourth-order valence-electron chi connectivity index (χ4n) is 1.34. The molecule has 4 nitrogen and oxygen atoms in total. The largest absolute Gasteiger partial charge is 0.443 e. The molecule has 12 heavy (non-hydrogen) atoms. The van der Waals surface area contributed by atoms with Gasteiger partial charge >= 0.3 is 0 Å². The van der Waals surface area contributed by atoms with Crippen LogP contribution in [0.4, 0.5) is 0 Å². The summed E-state index contributed by atoms with van der Waals surface area (Å²) < 4.78 is 5.14. The van der Waals surface area contributed by atoms with Crippen LogP contribution in [0.2, 0.25) is 0 Å². The summed E-state index contributed by atoms with van der Waals surface area (Å²) in [4.78, 5) is 4.08. The number of H-pyrrole nitrogens is 1. The highest BCUT2D eigenvalue weighted by Crippen LogP contribution is 2.21. The molecule has 3 rings (SSSR count). The number of rotatable bonds is 0. The zero-order valence-electron chi connectivity index (χ0n) is 6.11. The number of aromatic nitrogens is 3. The smallest absolute Gasteiger partial charge is 0.182 e. The molecule has 58 valence electrons. The fourth-order valence-corrected chi connectivity index (χ4v) is 1.34. The third-order valence-corrected chi connectivity index (χ3v) is 1.91. The molecule has 0 aliphatic rings. The van der Waals surface area contributed by atoms with Crippen molar-refractivity contribution in [2.45, 2.75) is 0 Å². The van der Waals surface area contributed by atoms with Crippen LogP contribution in [0.15, 0.2) is 29.1 Å². The van der Waals surface area contributed by atoms with E-state index >= 15 is 0 Å². The molecule has 0 fully saturated rings. The zero-order chi connectivity index (χ0) is 7.97. The molecular formula is C8H5N3O. The van der Waals surface area contributed by atoms with E-state index in [1.165, 1.54) is 6.39 Å². The van der Waals surface area contributed by atoms with Gasteiger partial charge in [-0.25, -0.2) is 4.98 Å². The summed E-state index contributed by atoms with van der Waals surface area (Å²) >= 11 is 0. The Morgan fingerprint density at radius 1 is 1.33 bits per heavy atom. The Bertz CT molecular complexity index is 487. The molecule has 1 aromatic carbocycles. The Labute approximate surface area is 67.2 Å². The highest BCUT2D eigenvalue weighted by molar-refractivity contribution is 6.00. The third kappa shape index (κ3) is 0.567. The Morgan fingerprint density at radius 2 is 2.33 bits per heavy atom. The van der Waals surface area contributed by atoms with Crippen molar-refractivity contribution < 1.29 is 4.42 Å². The summed E-state index contributed by atoms with van der Waals surface area (Å²) in [5.41, 5.74) is 2.55. The molecule has 0 radical (unpaired) electrons. The van der Waals surface area contributed by atoms with Gasteiger partial charge in [0.2, 0.25) is 0 Å². The van der Waals surface area contributed by atoms with Gasteiger partial charge in [-0.3, -0.25) is 5.10 Å². The number of benzene rings is 1. The molecule has 0 saturated heterocycles. The van der Waals surface area contributed by atoms with Crippen molar-refractivity contribution in [2.24, 2.45) is 0 Å². The van der Waals surface area contributed by atoms with E-state index < -0.39 is 0 Å². The topological polar surface area (TPSA) is 54.7 Å². The maximum absolute atomic E-state index is 5.14. The monoisotopic (exact) mass is 159 g/mol. The number of hydrogen-bond donors (Lipinski definition) is 1. The molecule has 0 amide bonds. The van der Waals surface area contributed by atoms with Crippen molar-refractivity contribution in [1.82, 2.24) is 15.2 Å². The van der Waals surface area contributed by atoms with Gasteiger partial charge in [0.1, 0.15) is 5.52 Å². The second kappa shape index (κ2) is 1.85. The minimum atomic E-state index is 0.784. The first-order chi connectivity index (χ1) is 5.95. The second-order valence-corrected chi connectivity index (χ2v) is 2.60.